The Hall–Kier alpha value is -1.83. The van der Waals surface area contributed by atoms with Gasteiger partial charge < -0.3 is 9.47 Å². The minimum atomic E-state index is -3.08. The highest BCUT2D eigenvalue weighted by Crippen LogP contribution is 2.39. The SMILES string of the molecule is COc1ccc(C(F)(F)CCC#N)c(OC)c1. The molecule has 17 heavy (non-hydrogen) atoms. The summed E-state index contributed by atoms with van der Waals surface area (Å²) in [4.78, 5) is 0. The third kappa shape index (κ3) is 3.06. The lowest BCUT2D eigenvalue weighted by atomic mass is 10.0. The van der Waals surface area contributed by atoms with E-state index in [1.165, 1.54) is 32.4 Å². The molecule has 0 saturated carbocycles. The van der Waals surface area contributed by atoms with Crippen molar-refractivity contribution in [1.82, 2.24) is 0 Å². The normalized spacial score (nSPS) is 10.8. The molecule has 0 spiro atoms. The van der Waals surface area contributed by atoms with Crippen molar-refractivity contribution in [2.45, 2.75) is 18.8 Å². The molecule has 1 rings (SSSR count). The molecule has 0 fully saturated rings. The molecule has 0 aliphatic heterocycles. The number of nitriles is 1. The summed E-state index contributed by atoms with van der Waals surface area (Å²) in [6.07, 6.45) is -0.728. The summed E-state index contributed by atoms with van der Waals surface area (Å²) < 4.78 is 37.3. The molecule has 0 N–H and O–H groups in total. The van der Waals surface area contributed by atoms with E-state index in [1.807, 2.05) is 0 Å². The summed E-state index contributed by atoms with van der Waals surface area (Å²) >= 11 is 0. The summed E-state index contributed by atoms with van der Waals surface area (Å²) in [5.74, 6) is -2.57. The number of hydrogen-bond donors (Lipinski definition) is 0. The highest BCUT2D eigenvalue weighted by Gasteiger charge is 2.34. The lowest BCUT2D eigenvalue weighted by Gasteiger charge is -2.18. The molecular formula is C12H13F2NO2. The van der Waals surface area contributed by atoms with E-state index in [0.717, 1.165) is 0 Å². The minimum Gasteiger partial charge on any atom is -0.497 e. The Bertz CT molecular complexity index is 427. The fraction of sp³-hybridized carbons (Fsp3) is 0.417. The van der Waals surface area contributed by atoms with Crippen LogP contribution in [0.3, 0.4) is 0 Å². The lowest BCUT2D eigenvalue weighted by molar-refractivity contribution is -0.0140. The van der Waals surface area contributed by atoms with Crippen molar-refractivity contribution in [3.8, 4) is 17.6 Å². The largest absolute Gasteiger partial charge is 0.497 e. The smallest absolute Gasteiger partial charge is 0.277 e. The number of ether oxygens (including phenoxy) is 2. The van der Waals surface area contributed by atoms with Gasteiger partial charge in [0.2, 0.25) is 0 Å². The number of rotatable bonds is 5. The molecule has 1 aromatic carbocycles. The van der Waals surface area contributed by atoms with Gasteiger partial charge in [0.15, 0.2) is 0 Å². The number of methoxy groups -OCH3 is 2. The van der Waals surface area contributed by atoms with Gasteiger partial charge in [-0.1, -0.05) is 0 Å². The Kier molecular flexibility index (Phi) is 4.27. The van der Waals surface area contributed by atoms with Crippen LogP contribution >= 0.6 is 0 Å². The van der Waals surface area contributed by atoms with E-state index >= 15 is 0 Å². The number of alkyl halides is 2. The molecule has 5 heteroatoms. The van der Waals surface area contributed by atoms with Crippen LogP contribution in [-0.4, -0.2) is 14.2 Å². The third-order valence-corrected chi connectivity index (χ3v) is 2.35. The second kappa shape index (κ2) is 5.48. The van der Waals surface area contributed by atoms with Gasteiger partial charge in [-0.25, -0.2) is 8.78 Å². The van der Waals surface area contributed by atoms with Gasteiger partial charge in [-0.3, -0.25) is 0 Å². The third-order valence-electron chi connectivity index (χ3n) is 2.35. The second-order valence-corrected chi connectivity index (χ2v) is 3.43. The topological polar surface area (TPSA) is 42.2 Å². The van der Waals surface area contributed by atoms with Gasteiger partial charge >= 0.3 is 0 Å². The monoisotopic (exact) mass is 241 g/mol. The molecular weight excluding hydrogens is 228 g/mol. The van der Waals surface area contributed by atoms with Gasteiger partial charge in [-0.15, -0.1) is 0 Å². The summed E-state index contributed by atoms with van der Waals surface area (Å²) in [7, 11) is 2.76. The molecule has 0 aliphatic carbocycles. The zero-order valence-electron chi connectivity index (χ0n) is 9.67. The van der Waals surface area contributed by atoms with Gasteiger partial charge in [-0.05, 0) is 12.1 Å². The fourth-order valence-corrected chi connectivity index (χ4v) is 1.45. The zero-order valence-corrected chi connectivity index (χ0v) is 9.67. The molecule has 92 valence electrons. The van der Waals surface area contributed by atoms with E-state index in [1.54, 1.807) is 6.07 Å². The van der Waals surface area contributed by atoms with Crippen molar-refractivity contribution < 1.29 is 18.3 Å². The maximum atomic E-state index is 13.8. The summed E-state index contributed by atoms with van der Waals surface area (Å²) in [5, 5.41) is 8.35. The summed E-state index contributed by atoms with van der Waals surface area (Å²) in [5.41, 5.74) is -0.226. The average Bonchev–Trinajstić information content (AvgIpc) is 2.35. The van der Waals surface area contributed by atoms with Gasteiger partial charge in [0, 0.05) is 18.9 Å². The number of halogens is 2. The lowest BCUT2D eigenvalue weighted by Crippen LogP contribution is -2.14. The molecule has 0 aromatic heterocycles. The van der Waals surface area contributed by atoms with Crippen molar-refractivity contribution in [1.29, 1.82) is 5.26 Å². The van der Waals surface area contributed by atoms with Crippen molar-refractivity contribution in [2.24, 2.45) is 0 Å². The van der Waals surface area contributed by atoms with Crippen LogP contribution < -0.4 is 9.47 Å². The molecule has 0 heterocycles. The van der Waals surface area contributed by atoms with Crippen LogP contribution in [0.25, 0.3) is 0 Å². The standard InChI is InChI=1S/C12H13F2NO2/c1-16-9-4-5-10(11(8-9)17-2)12(13,14)6-3-7-15/h4-5,8H,3,6H2,1-2H3. The molecule has 0 saturated heterocycles. The Morgan fingerprint density at radius 3 is 2.53 bits per heavy atom. The van der Waals surface area contributed by atoms with Crippen LogP contribution in [0, 0.1) is 11.3 Å². The fourth-order valence-electron chi connectivity index (χ4n) is 1.45. The molecule has 0 radical (unpaired) electrons. The van der Waals surface area contributed by atoms with Gasteiger partial charge in [0.1, 0.15) is 11.5 Å². The van der Waals surface area contributed by atoms with E-state index in [2.05, 4.69) is 0 Å². The molecule has 0 aliphatic rings. The zero-order chi connectivity index (χ0) is 12.9. The number of hydrogen-bond acceptors (Lipinski definition) is 3. The molecule has 0 amide bonds. The Morgan fingerprint density at radius 2 is 2.00 bits per heavy atom. The van der Waals surface area contributed by atoms with Crippen molar-refractivity contribution in [3.63, 3.8) is 0 Å². The molecule has 0 atom stereocenters. The van der Waals surface area contributed by atoms with E-state index in [9.17, 15) is 8.78 Å². The van der Waals surface area contributed by atoms with Crippen molar-refractivity contribution in [2.75, 3.05) is 14.2 Å². The Morgan fingerprint density at radius 1 is 1.29 bits per heavy atom. The quantitative estimate of drug-likeness (QED) is 0.795. The average molecular weight is 241 g/mol. The minimum absolute atomic E-state index is 0.0623. The maximum absolute atomic E-state index is 13.8. The van der Waals surface area contributed by atoms with Crippen molar-refractivity contribution >= 4 is 0 Å². The summed E-state index contributed by atoms with van der Waals surface area (Å²) in [6, 6.07) is 5.81. The second-order valence-electron chi connectivity index (χ2n) is 3.43. The Balaban J connectivity index is 3.08. The molecule has 3 nitrogen and oxygen atoms in total. The van der Waals surface area contributed by atoms with Crippen LogP contribution in [-0.2, 0) is 5.92 Å². The van der Waals surface area contributed by atoms with Crippen LogP contribution in [0.4, 0.5) is 8.78 Å². The van der Waals surface area contributed by atoms with E-state index < -0.39 is 12.3 Å². The van der Waals surface area contributed by atoms with Crippen LogP contribution in [0.5, 0.6) is 11.5 Å². The molecule has 0 unspecified atom stereocenters. The van der Waals surface area contributed by atoms with Crippen molar-refractivity contribution in [3.05, 3.63) is 23.8 Å². The first-order valence-electron chi connectivity index (χ1n) is 5.02. The Labute approximate surface area is 98.6 Å². The number of nitrogens with zero attached hydrogens (tertiary/aromatic N) is 1. The van der Waals surface area contributed by atoms with Crippen LogP contribution in [0.1, 0.15) is 18.4 Å². The maximum Gasteiger partial charge on any atom is 0.277 e. The number of benzene rings is 1. The van der Waals surface area contributed by atoms with E-state index in [0.29, 0.717) is 5.75 Å². The van der Waals surface area contributed by atoms with Gasteiger partial charge in [0.25, 0.3) is 5.92 Å². The highest BCUT2D eigenvalue weighted by molar-refractivity contribution is 5.43. The predicted octanol–water partition coefficient (Wildman–Crippen LogP) is 3.10. The van der Waals surface area contributed by atoms with Gasteiger partial charge in [0.05, 0.1) is 25.9 Å². The summed E-state index contributed by atoms with van der Waals surface area (Å²) in [6.45, 7) is 0. The van der Waals surface area contributed by atoms with Crippen LogP contribution in [0.2, 0.25) is 0 Å². The molecule has 1 aromatic rings. The first-order chi connectivity index (χ1) is 8.05. The van der Waals surface area contributed by atoms with Crippen LogP contribution in [0.15, 0.2) is 18.2 Å². The van der Waals surface area contributed by atoms with E-state index in [-0.39, 0.29) is 17.7 Å². The molecule has 0 bridgehead atoms. The highest BCUT2D eigenvalue weighted by atomic mass is 19.3. The van der Waals surface area contributed by atoms with E-state index in [4.69, 9.17) is 14.7 Å². The first-order valence-corrected chi connectivity index (χ1v) is 5.02. The predicted molar refractivity (Wildman–Crippen MR) is 58.3 cm³/mol. The first kappa shape index (κ1) is 13.2. The van der Waals surface area contributed by atoms with Gasteiger partial charge in [-0.2, -0.15) is 5.26 Å².